The average molecular weight is 379 g/mol. The van der Waals surface area contributed by atoms with Crippen LogP contribution in [0.25, 0.3) is 11.3 Å². The van der Waals surface area contributed by atoms with Gasteiger partial charge in [-0.1, -0.05) is 17.7 Å². The topological polar surface area (TPSA) is 99.0 Å². The van der Waals surface area contributed by atoms with Crippen LogP contribution in [0.5, 0.6) is 5.75 Å². The second kappa shape index (κ2) is 6.69. The number of rotatable bonds is 5. The highest BCUT2D eigenvalue weighted by Crippen LogP contribution is 2.29. The van der Waals surface area contributed by atoms with E-state index >= 15 is 0 Å². The summed E-state index contributed by atoms with van der Waals surface area (Å²) >= 11 is 6.15. The largest absolute Gasteiger partial charge is 0.495 e. The highest BCUT2D eigenvalue weighted by atomic mass is 35.5. The Balaban J connectivity index is 1.97. The second-order valence-electron chi connectivity index (χ2n) is 5.01. The van der Waals surface area contributed by atoms with Gasteiger partial charge in [0, 0.05) is 5.56 Å². The van der Waals surface area contributed by atoms with Gasteiger partial charge in [-0.25, -0.2) is 18.4 Å². The average Bonchev–Trinajstić information content (AvgIpc) is 3.07. The number of halogens is 1. The summed E-state index contributed by atoms with van der Waals surface area (Å²) in [6.07, 6.45) is 5.19. The molecule has 1 aromatic carbocycles. The number of hydrogen-bond acceptors (Lipinski definition) is 7. The van der Waals surface area contributed by atoms with Crippen LogP contribution in [0, 0.1) is 6.07 Å². The number of hydrogen-bond donors (Lipinski definition) is 1. The number of ether oxygens (including phenoxy) is 1. The van der Waals surface area contributed by atoms with Crippen LogP contribution in [0.4, 0.5) is 11.6 Å². The van der Waals surface area contributed by atoms with E-state index < -0.39 is 10.0 Å². The Morgan fingerprint density at radius 2 is 2.16 bits per heavy atom. The first-order chi connectivity index (χ1) is 11.9. The molecule has 0 saturated heterocycles. The Morgan fingerprint density at radius 3 is 2.84 bits per heavy atom. The van der Waals surface area contributed by atoms with Gasteiger partial charge in [0.2, 0.25) is 5.95 Å². The van der Waals surface area contributed by atoms with E-state index in [9.17, 15) is 8.42 Å². The number of nitrogens with zero attached hydrogens (tertiary/aromatic N) is 4. The lowest BCUT2D eigenvalue weighted by molar-refractivity contribution is 0.416. The van der Waals surface area contributed by atoms with Crippen molar-refractivity contribution in [3.8, 4) is 17.0 Å². The normalized spacial score (nSPS) is 11.3. The molecule has 1 radical (unpaired) electrons. The van der Waals surface area contributed by atoms with E-state index in [0.29, 0.717) is 22.7 Å². The summed E-state index contributed by atoms with van der Waals surface area (Å²) in [4.78, 5) is 8.47. The molecule has 0 unspecified atom stereocenters. The Hall–Kier alpha value is -2.65. The van der Waals surface area contributed by atoms with E-state index in [-0.39, 0.29) is 11.0 Å². The molecule has 2 heterocycles. The first kappa shape index (κ1) is 17.2. The van der Waals surface area contributed by atoms with E-state index in [1.54, 1.807) is 25.3 Å². The van der Waals surface area contributed by atoms with Gasteiger partial charge in [-0.15, -0.1) is 0 Å². The Labute approximate surface area is 149 Å². The third-order valence-electron chi connectivity index (χ3n) is 3.21. The van der Waals surface area contributed by atoms with Gasteiger partial charge in [-0.05, 0) is 18.2 Å². The zero-order chi connectivity index (χ0) is 18.0. The summed E-state index contributed by atoms with van der Waals surface area (Å²) in [5, 5.41) is 7.11. The van der Waals surface area contributed by atoms with Gasteiger partial charge in [-0.2, -0.15) is 9.19 Å². The summed E-state index contributed by atoms with van der Waals surface area (Å²) in [6.45, 7) is 0. The molecule has 1 N–H and O–H groups in total. The zero-order valence-corrected chi connectivity index (χ0v) is 14.8. The fraction of sp³-hybridized carbons (Fsp3) is 0.133. The first-order valence-electron chi connectivity index (χ1n) is 6.97. The summed E-state index contributed by atoms with van der Waals surface area (Å²) in [5.74, 6) is 0.850. The first-order valence-corrected chi connectivity index (χ1v) is 9.20. The number of benzene rings is 1. The third-order valence-corrected chi connectivity index (χ3v) is 4.37. The molecule has 25 heavy (non-hydrogen) atoms. The summed E-state index contributed by atoms with van der Waals surface area (Å²) in [5.41, 5.74) is 1.46. The molecule has 0 spiro atoms. The van der Waals surface area contributed by atoms with Crippen molar-refractivity contribution in [2.24, 2.45) is 0 Å². The highest BCUT2D eigenvalue weighted by Gasteiger charge is 2.14. The van der Waals surface area contributed by atoms with E-state index in [1.165, 1.54) is 18.6 Å². The van der Waals surface area contributed by atoms with Gasteiger partial charge in [0.15, 0.2) is 0 Å². The van der Waals surface area contributed by atoms with Crippen LogP contribution in [0.15, 0.2) is 36.8 Å². The van der Waals surface area contributed by atoms with Gasteiger partial charge in [0.05, 0.1) is 48.4 Å². The molecule has 8 nitrogen and oxygen atoms in total. The minimum absolute atomic E-state index is 0.270. The summed E-state index contributed by atoms with van der Waals surface area (Å²) in [6, 6.07) is 8.06. The monoisotopic (exact) mass is 378 g/mol. The minimum Gasteiger partial charge on any atom is -0.495 e. The van der Waals surface area contributed by atoms with Crippen molar-refractivity contribution in [3.05, 3.63) is 47.9 Å². The molecule has 0 atom stereocenters. The molecule has 10 heteroatoms. The standard InChI is InChI=1S/C15H13ClN5O3S/c1-24-13-6-4-3-5-12(13)19-15-17-8-11(16)14(20-15)10-7-18-21(9-10)25(2,22)23/h3,5-9H,1-2H3,(H,17,19,20). The third kappa shape index (κ3) is 3.72. The van der Waals surface area contributed by atoms with Gasteiger partial charge in [-0.3, -0.25) is 0 Å². The van der Waals surface area contributed by atoms with Crippen molar-refractivity contribution in [2.75, 3.05) is 18.7 Å². The lowest BCUT2D eigenvalue weighted by Crippen LogP contribution is -2.09. The highest BCUT2D eigenvalue weighted by molar-refractivity contribution is 7.89. The molecule has 0 fully saturated rings. The molecule has 3 rings (SSSR count). The Bertz CT molecular complexity index is 1020. The van der Waals surface area contributed by atoms with Crippen molar-refractivity contribution in [1.29, 1.82) is 0 Å². The second-order valence-corrected chi connectivity index (χ2v) is 7.25. The molecule has 0 aliphatic carbocycles. The number of aromatic nitrogens is 4. The van der Waals surface area contributed by atoms with Crippen LogP contribution in [-0.4, -0.2) is 40.9 Å². The van der Waals surface area contributed by atoms with Crippen molar-refractivity contribution >= 4 is 33.3 Å². The lowest BCUT2D eigenvalue weighted by atomic mass is 10.2. The van der Waals surface area contributed by atoms with Crippen molar-refractivity contribution < 1.29 is 13.2 Å². The van der Waals surface area contributed by atoms with E-state index in [1.807, 2.05) is 0 Å². The van der Waals surface area contributed by atoms with Crippen LogP contribution >= 0.6 is 11.6 Å². The predicted octanol–water partition coefficient (Wildman–Crippen LogP) is 2.35. The molecule has 129 valence electrons. The Kier molecular flexibility index (Phi) is 4.60. The molecular formula is C15H13ClN5O3S. The fourth-order valence-corrected chi connectivity index (χ4v) is 2.77. The number of methoxy groups -OCH3 is 1. The maximum Gasteiger partial charge on any atom is 0.250 e. The SMILES string of the molecule is COc1c[c]ccc1Nc1ncc(Cl)c(-c2cnn(S(C)(=O)=O)c2)n1. The molecule has 0 amide bonds. The minimum atomic E-state index is -3.49. The van der Waals surface area contributed by atoms with Crippen LogP contribution in [0.1, 0.15) is 0 Å². The van der Waals surface area contributed by atoms with Crippen molar-refractivity contribution in [3.63, 3.8) is 0 Å². The van der Waals surface area contributed by atoms with Crippen molar-refractivity contribution in [1.82, 2.24) is 19.2 Å². The van der Waals surface area contributed by atoms with Crippen LogP contribution in [0.3, 0.4) is 0 Å². The number of nitrogens with one attached hydrogen (secondary N) is 1. The molecule has 2 aromatic heterocycles. The van der Waals surface area contributed by atoms with Gasteiger partial charge in [0.25, 0.3) is 10.0 Å². The predicted molar refractivity (Wildman–Crippen MR) is 93.6 cm³/mol. The molecule has 0 saturated carbocycles. The Morgan fingerprint density at radius 1 is 1.36 bits per heavy atom. The van der Waals surface area contributed by atoms with E-state index in [2.05, 4.69) is 26.4 Å². The molecule has 0 aliphatic heterocycles. The smallest absolute Gasteiger partial charge is 0.250 e. The van der Waals surface area contributed by atoms with Crippen molar-refractivity contribution in [2.45, 2.75) is 0 Å². The van der Waals surface area contributed by atoms with Gasteiger partial charge >= 0.3 is 0 Å². The van der Waals surface area contributed by atoms with E-state index in [4.69, 9.17) is 16.3 Å². The summed E-state index contributed by atoms with van der Waals surface area (Å²) < 4.78 is 29.2. The molecular weight excluding hydrogens is 366 g/mol. The zero-order valence-electron chi connectivity index (χ0n) is 13.3. The molecule has 0 bridgehead atoms. The maximum atomic E-state index is 11.5. The fourth-order valence-electron chi connectivity index (χ4n) is 2.05. The van der Waals surface area contributed by atoms with Gasteiger partial charge < -0.3 is 10.1 Å². The van der Waals surface area contributed by atoms with Crippen LogP contribution < -0.4 is 10.1 Å². The quantitative estimate of drug-likeness (QED) is 0.727. The number of anilines is 2. The molecule has 3 aromatic rings. The maximum absolute atomic E-state index is 11.5. The van der Waals surface area contributed by atoms with Crippen LogP contribution in [-0.2, 0) is 10.0 Å². The van der Waals surface area contributed by atoms with Gasteiger partial charge in [0.1, 0.15) is 5.75 Å². The van der Waals surface area contributed by atoms with E-state index in [0.717, 1.165) is 10.3 Å². The summed E-state index contributed by atoms with van der Waals surface area (Å²) in [7, 11) is -1.94. The molecule has 0 aliphatic rings. The lowest BCUT2D eigenvalue weighted by Gasteiger charge is -2.10. The van der Waals surface area contributed by atoms with Crippen LogP contribution in [0.2, 0.25) is 5.02 Å².